The minimum atomic E-state index is -3.67. The molecule has 6 nitrogen and oxygen atoms in total. The minimum Gasteiger partial charge on any atom is -0.361 e. The van der Waals surface area contributed by atoms with Crippen LogP contribution in [0, 0.1) is 13.8 Å². The molecule has 3 aromatic carbocycles. The van der Waals surface area contributed by atoms with Crippen molar-refractivity contribution >= 4 is 15.7 Å². The van der Waals surface area contributed by atoms with Crippen molar-refractivity contribution in [2.45, 2.75) is 50.7 Å². The van der Waals surface area contributed by atoms with Crippen molar-refractivity contribution in [1.29, 1.82) is 0 Å². The molecule has 186 valence electrons. The molecule has 0 bridgehead atoms. The second kappa shape index (κ2) is 10.3. The molecular weight excluding hydrogens is 468 g/mol. The number of para-hydroxylation sites is 1. The van der Waals surface area contributed by atoms with Gasteiger partial charge >= 0.3 is 0 Å². The molecular formula is C29H32N4O2S. The van der Waals surface area contributed by atoms with Crippen molar-refractivity contribution in [2.75, 3.05) is 11.4 Å². The number of H-pyrrole nitrogens is 1. The molecule has 4 aromatic rings. The Hall–Kier alpha value is -3.42. The molecule has 1 atom stereocenters. The summed E-state index contributed by atoms with van der Waals surface area (Å²) < 4.78 is 29.3. The van der Waals surface area contributed by atoms with Crippen molar-refractivity contribution in [3.8, 4) is 0 Å². The third-order valence-electron chi connectivity index (χ3n) is 6.86. The van der Waals surface area contributed by atoms with Crippen LogP contribution in [-0.4, -0.2) is 35.3 Å². The molecule has 5 rings (SSSR count). The van der Waals surface area contributed by atoms with E-state index in [4.69, 9.17) is 0 Å². The lowest BCUT2D eigenvalue weighted by molar-refractivity contribution is 0.370. The predicted octanol–water partition coefficient (Wildman–Crippen LogP) is 5.24. The molecule has 36 heavy (non-hydrogen) atoms. The molecule has 0 saturated heterocycles. The Kier molecular flexibility index (Phi) is 6.94. The molecule has 0 saturated carbocycles. The summed E-state index contributed by atoms with van der Waals surface area (Å²) in [6.45, 7) is 5.26. The number of imidazole rings is 1. The lowest BCUT2D eigenvalue weighted by Gasteiger charge is -2.34. The first-order chi connectivity index (χ1) is 17.4. The van der Waals surface area contributed by atoms with E-state index >= 15 is 0 Å². The summed E-state index contributed by atoms with van der Waals surface area (Å²) in [5, 5.41) is 0. The SMILES string of the molecule is Cc1ccc(S(=O)(=O)N2Cc3ccccc3N(Cc3c[nH]c(C)n3)C(CCc3ccccc3)C2)cc1. The number of aromatic amines is 1. The van der Waals surface area contributed by atoms with E-state index in [1.807, 2.05) is 56.4 Å². The van der Waals surface area contributed by atoms with Crippen LogP contribution in [-0.2, 0) is 29.5 Å². The molecule has 0 amide bonds. The fraction of sp³-hybridized carbons (Fsp3) is 0.276. The van der Waals surface area contributed by atoms with E-state index in [1.54, 1.807) is 16.4 Å². The number of nitrogens with one attached hydrogen (secondary N) is 1. The summed E-state index contributed by atoms with van der Waals surface area (Å²) >= 11 is 0. The van der Waals surface area contributed by atoms with Crippen molar-refractivity contribution < 1.29 is 8.42 Å². The fourth-order valence-electron chi connectivity index (χ4n) is 4.91. The average Bonchev–Trinajstić information content (AvgIpc) is 3.22. The Labute approximate surface area is 213 Å². The first-order valence-corrected chi connectivity index (χ1v) is 13.8. The molecule has 1 aromatic heterocycles. The van der Waals surface area contributed by atoms with Crippen LogP contribution in [0.2, 0.25) is 0 Å². The van der Waals surface area contributed by atoms with Crippen molar-refractivity contribution in [1.82, 2.24) is 14.3 Å². The van der Waals surface area contributed by atoms with Crippen LogP contribution in [0.25, 0.3) is 0 Å². The predicted molar refractivity (Wildman–Crippen MR) is 143 cm³/mol. The molecule has 0 aliphatic carbocycles. The van der Waals surface area contributed by atoms with Gasteiger partial charge in [-0.3, -0.25) is 0 Å². The van der Waals surface area contributed by atoms with E-state index < -0.39 is 10.0 Å². The van der Waals surface area contributed by atoms with Gasteiger partial charge < -0.3 is 9.88 Å². The summed E-state index contributed by atoms with van der Waals surface area (Å²) in [5.74, 6) is 0.873. The Bertz CT molecular complexity index is 1420. The first-order valence-electron chi connectivity index (χ1n) is 12.4. The highest BCUT2D eigenvalue weighted by molar-refractivity contribution is 7.89. The third-order valence-corrected chi connectivity index (χ3v) is 8.69. The molecule has 1 unspecified atom stereocenters. The van der Waals surface area contributed by atoms with Crippen molar-refractivity contribution in [3.63, 3.8) is 0 Å². The van der Waals surface area contributed by atoms with Crippen molar-refractivity contribution in [3.05, 3.63) is 113 Å². The number of hydrogen-bond donors (Lipinski definition) is 1. The molecule has 2 heterocycles. The fourth-order valence-corrected chi connectivity index (χ4v) is 6.37. The summed E-state index contributed by atoms with van der Waals surface area (Å²) in [5.41, 5.74) is 5.30. The Morgan fingerprint density at radius 3 is 2.39 bits per heavy atom. The van der Waals surface area contributed by atoms with Gasteiger partial charge in [0.15, 0.2) is 0 Å². The standard InChI is InChI=1S/C29H32N4O2S/c1-22-12-16-28(17-13-22)36(34,35)32-19-25-10-6-7-11-29(25)33(20-26-18-30-23(2)31-26)27(21-32)15-14-24-8-4-3-5-9-24/h3-13,16-18,27H,14-15,19-21H2,1-2H3,(H,30,31). The van der Waals surface area contributed by atoms with Crippen LogP contribution in [0.3, 0.4) is 0 Å². The van der Waals surface area contributed by atoms with Gasteiger partial charge in [-0.05, 0) is 56.0 Å². The normalized spacial score (nSPS) is 16.5. The van der Waals surface area contributed by atoms with E-state index in [2.05, 4.69) is 45.2 Å². The van der Waals surface area contributed by atoms with Gasteiger partial charge in [0.25, 0.3) is 0 Å². The number of anilines is 1. The van der Waals surface area contributed by atoms with Crippen LogP contribution in [0.5, 0.6) is 0 Å². The Balaban J connectivity index is 1.54. The molecule has 0 fully saturated rings. The Morgan fingerprint density at radius 1 is 0.944 bits per heavy atom. The number of benzene rings is 3. The zero-order valence-electron chi connectivity index (χ0n) is 20.8. The van der Waals surface area contributed by atoms with Gasteiger partial charge in [0.1, 0.15) is 5.82 Å². The minimum absolute atomic E-state index is 0.0221. The maximum atomic E-state index is 13.8. The van der Waals surface area contributed by atoms with E-state index in [1.165, 1.54) is 5.56 Å². The topological polar surface area (TPSA) is 69.3 Å². The number of hydrogen-bond acceptors (Lipinski definition) is 4. The highest BCUT2D eigenvalue weighted by Crippen LogP contribution is 2.33. The number of rotatable bonds is 7. The van der Waals surface area contributed by atoms with Gasteiger partial charge in [0.2, 0.25) is 10.0 Å². The summed E-state index contributed by atoms with van der Waals surface area (Å²) in [6.07, 6.45) is 3.63. The molecule has 0 spiro atoms. The molecule has 1 N–H and O–H groups in total. The molecule has 7 heteroatoms. The molecule has 1 aliphatic rings. The summed E-state index contributed by atoms with van der Waals surface area (Å²) in [4.78, 5) is 10.5. The lowest BCUT2D eigenvalue weighted by atomic mass is 10.0. The maximum absolute atomic E-state index is 13.8. The zero-order valence-corrected chi connectivity index (χ0v) is 21.6. The number of sulfonamides is 1. The van der Waals surface area contributed by atoms with Gasteiger partial charge in [0, 0.05) is 31.0 Å². The van der Waals surface area contributed by atoms with Crippen LogP contribution in [0.15, 0.2) is 90.0 Å². The van der Waals surface area contributed by atoms with E-state index in [0.717, 1.165) is 41.2 Å². The van der Waals surface area contributed by atoms with E-state index in [-0.39, 0.29) is 6.04 Å². The number of fused-ring (bicyclic) bond motifs is 1. The van der Waals surface area contributed by atoms with Crippen LogP contribution < -0.4 is 4.90 Å². The van der Waals surface area contributed by atoms with Gasteiger partial charge in [-0.15, -0.1) is 0 Å². The maximum Gasteiger partial charge on any atom is 0.243 e. The number of aryl methyl sites for hydroxylation is 3. The summed E-state index contributed by atoms with van der Waals surface area (Å²) in [7, 11) is -3.67. The number of aromatic nitrogens is 2. The first kappa shape index (κ1) is 24.3. The second-order valence-electron chi connectivity index (χ2n) is 9.52. The highest BCUT2D eigenvalue weighted by atomic mass is 32.2. The zero-order chi connectivity index (χ0) is 25.1. The quantitative estimate of drug-likeness (QED) is 0.377. The van der Waals surface area contributed by atoms with Gasteiger partial charge in [-0.2, -0.15) is 4.31 Å². The molecule has 1 aliphatic heterocycles. The highest BCUT2D eigenvalue weighted by Gasteiger charge is 2.34. The number of nitrogens with zero attached hydrogens (tertiary/aromatic N) is 3. The molecule has 0 radical (unpaired) electrons. The van der Waals surface area contributed by atoms with E-state index in [0.29, 0.717) is 24.5 Å². The third kappa shape index (κ3) is 5.22. The smallest absolute Gasteiger partial charge is 0.243 e. The monoisotopic (exact) mass is 500 g/mol. The largest absolute Gasteiger partial charge is 0.361 e. The van der Waals surface area contributed by atoms with Crippen molar-refractivity contribution in [2.24, 2.45) is 0 Å². The van der Waals surface area contributed by atoms with E-state index in [9.17, 15) is 8.42 Å². The average molecular weight is 501 g/mol. The van der Waals surface area contributed by atoms with Crippen LogP contribution in [0.4, 0.5) is 5.69 Å². The van der Waals surface area contributed by atoms with Crippen LogP contribution >= 0.6 is 0 Å². The second-order valence-corrected chi connectivity index (χ2v) is 11.5. The Morgan fingerprint density at radius 2 is 1.67 bits per heavy atom. The van der Waals surface area contributed by atoms with Gasteiger partial charge in [0.05, 0.1) is 17.1 Å². The lowest BCUT2D eigenvalue weighted by Crippen LogP contribution is -2.43. The summed E-state index contributed by atoms with van der Waals surface area (Å²) in [6, 6.07) is 25.7. The van der Waals surface area contributed by atoms with Crippen LogP contribution in [0.1, 0.15) is 34.6 Å². The van der Waals surface area contributed by atoms with Gasteiger partial charge in [-0.25, -0.2) is 13.4 Å². The van der Waals surface area contributed by atoms with Gasteiger partial charge in [-0.1, -0.05) is 66.2 Å².